The maximum Gasteiger partial charge on any atom is 0.417 e. The first-order chi connectivity index (χ1) is 9.55. The standard InChI is InChI=1S/C13H13F3N4/c14-13(15,16)11-4-2-1-3-10(11)12-8-20(19-18-12)9-5-6-17-7-9/h1-4,8-9,17H,5-7H2. The highest BCUT2D eigenvalue weighted by Crippen LogP contribution is 2.36. The summed E-state index contributed by atoms with van der Waals surface area (Å²) in [5.41, 5.74) is -0.362. The third kappa shape index (κ3) is 2.40. The quantitative estimate of drug-likeness (QED) is 0.920. The number of aromatic nitrogens is 3. The Morgan fingerprint density at radius 1 is 1.25 bits per heavy atom. The van der Waals surface area contributed by atoms with Gasteiger partial charge in [-0.2, -0.15) is 13.2 Å². The van der Waals surface area contributed by atoms with Crippen molar-refractivity contribution in [2.24, 2.45) is 0 Å². The van der Waals surface area contributed by atoms with Crippen LogP contribution in [0.25, 0.3) is 11.3 Å². The van der Waals surface area contributed by atoms with Crippen LogP contribution in [0.3, 0.4) is 0 Å². The number of nitrogens with one attached hydrogen (secondary N) is 1. The Bertz CT molecular complexity index is 600. The molecule has 4 nitrogen and oxygen atoms in total. The predicted molar refractivity (Wildman–Crippen MR) is 67.0 cm³/mol. The van der Waals surface area contributed by atoms with Crippen LogP contribution >= 0.6 is 0 Å². The molecule has 1 aliphatic rings. The zero-order chi connectivity index (χ0) is 14.2. The third-order valence-corrected chi connectivity index (χ3v) is 3.43. The SMILES string of the molecule is FC(F)(F)c1ccccc1-c1cn(C2CCNC2)nn1. The highest BCUT2D eigenvalue weighted by Gasteiger charge is 2.34. The first-order valence-corrected chi connectivity index (χ1v) is 6.35. The topological polar surface area (TPSA) is 42.7 Å². The number of hydrogen-bond donors (Lipinski definition) is 1. The van der Waals surface area contributed by atoms with Crippen molar-refractivity contribution in [3.63, 3.8) is 0 Å². The van der Waals surface area contributed by atoms with E-state index in [2.05, 4.69) is 15.6 Å². The molecule has 1 aromatic heterocycles. The van der Waals surface area contributed by atoms with E-state index < -0.39 is 11.7 Å². The highest BCUT2D eigenvalue weighted by molar-refractivity contribution is 5.63. The molecule has 0 amide bonds. The van der Waals surface area contributed by atoms with E-state index in [1.807, 2.05) is 0 Å². The van der Waals surface area contributed by atoms with Crippen LogP contribution in [-0.2, 0) is 6.18 Å². The van der Waals surface area contributed by atoms with Gasteiger partial charge in [0.15, 0.2) is 0 Å². The number of benzene rings is 1. The lowest BCUT2D eigenvalue weighted by Crippen LogP contribution is -2.13. The van der Waals surface area contributed by atoms with Crippen LogP contribution < -0.4 is 5.32 Å². The molecule has 0 saturated carbocycles. The Morgan fingerprint density at radius 3 is 2.75 bits per heavy atom. The molecule has 1 fully saturated rings. The maximum atomic E-state index is 13.0. The molecule has 0 spiro atoms. The molecule has 1 unspecified atom stereocenters. The Balaban J connectivity index is 1.97. The number of alkyl halides is 3. The third-order valence-electron chi connectivity index (χ3n) is 3.43. The average Bonchev–Trinajstić information content (AvgIpc) is 3.09. The van der Waals surface area contributed by atoms with Gasteiger partial charge in [-0.3, -0.25) is 0 Å². The number of hydrogen-bond acceptors (Lipinski definition) is 3. The fourth-order valence-electron chi connectivity index (χ4n) is 2.40. The summed E-state index contributed by atoms with van der Waals surface area (Å²) in [4.78, 5) is 0. The monoisotopic (exact) mass is 282 g/mol. The number of halogens is 3. The van der Waals surface area contributed by atoms with Gasteiger partial charge in [0.2, 0.25) is 0 Å². The molecule has 1 N–H and O–H groups in total. The van der Waals surface area contributed by atoms with Crippen molar-refractivity contribution in [2.75, 3.05) is 13.1 Å². The summed E-state index contributed by atoms with van der Waals surface area (Å²) < 4.78 is 40.6. The molecule has 3 rings (SSSR count). The van der Waals surface area contributed by atoms with Gasteiger partial charge in [-0.1, -0.05) is 23.4 Å². The molecule has 7 heteroatoms. The second kappa shape index (κ2) is 4.90. The van der Waals surface area contributed by atoms with E-state index in [-0.39, 0.29) is 17.3 Å². The minimum atomic E-state index is -4.39. The minimum Gasteiger partial charge on any atom is -0.315 e. The van der Waals surface area contributed by atoms with Gasteiger partial charge >= 0.3 is 6.18 Å². The maximum absolute atomic E-state index is 13.0. The summed E-state index contributed by atoms with van der Waals surface area (Å²) in [6.07, 6.45) is -1.90. The molecule has 2 heterocycles. The molecule has 106 valence electrons. The zero-order valence-corrected chi connectivity index (χ0v) is 10.6. The highest BCUT2D eigenvalue weighted by atomic mass is 19.4. The van der Waals surface area contributed by atoms with Crippen LogP contribution in [0, 0.1) is 0 Å². The van der Waals surface area contributed by atoms with Crippen molar-refractivity contribution in [3.05, 3.63) is 36.0 Å². The summed E-state index contributed by atoms with van der Waals surface area (Å²) in [6.45, 7) is 1.66. The Labute approximate surface area is 113 Å². The summed E-state index contributed by atoms with van der Waals surface area (Å²) >= 11 is 0. The van der Waals surface area contributed by atoms with Crippen LogP contribution in [0.4, 0.5) is 13.2 Å². The zero-order valence-electron chi connectivity index (χ0n) is 10.6. The van der Waals surface area contributed by atoms with E-state index in [4.69, 9.17) is 0 Å². The molecule has 20 heavy (non-hydrogen) atoms. The fraction of sp³-hybridized carbons (Fsp3) is 0.385. The van der Waals surface area contributed by atoms with Crippen molar-refractivity contribution in [3.8, 4) is 11.3 Å². The molecule has 0 aliphatic carbocycles. The van der Waals surface area contributed by atoms with Gasteiger partial charge in [0.05, 0.1) is 17.8 Å². The van der Waals surface area contributed by atoms with Gasteiger partial charge in [-0.05, 0) is 19.0 Å². The normalized spacial score (nSPS) is 19.4. The van der Waals surface area contributed by atoms with E-state index in [9.17, 15) is 13.2 Å². The van der Waals surface area contributed by atoms with Gasteiger partial charge in [0.1, 0.15) is 5.69 Å². The molecule has 1 saturated heterocycles. The Morgan fingerprint density at radius 2 is 2.05 bits per heavy atom. The molecule has 0 bridgehead atoms. The Kier molecular flexibility index (Phi) is 3.21. The van der Waals surface area contributed by atoms with E-state index in [1.54, 1.807) is 16.9 Å². The number of rotatable bonds is 2. The lowest BCUT2D eigenvalue weighted by Gasteiger charge is -2.10. The molecule has 1 atom stereocenters. The van der Waals surface area contributed by atoms with Gasteiger partial charge in [0.25, 0.3) is 0 Å². The summed E-state index contributed by atoms with van der Waals surface area (Å²) in [6, 6.07) is 5.59. The van der Waals surface area contributed by atoms with E-state index >= 15 is 0 Å². The van der Waals surface area contributed by atoms with E-state index in [0.717, 1.165) is 25.6 Å². The van der Waals surface area contributed by atoms with Crippen LogP contribution in [-0.4, -0.2) is 28.1 Å². The van der Waals surface area contributed by atoms with Gasteiger partial charge in [-0.15, -0.1) is 5.10 Å². The second-order valence-corrected chi connectivity index (χ2v) is 4.77. The predicted octanol–water partition coefficient (Wildman–Crippen LogP) is 2.50. The van der Waals surface area contributed by atoms with Crippen molar-refractivity contribution < 1.29 is 13.2 Å². The summed E-state index contributed by atoms with van der Waals surface area (Å²) in [7, 11) is 0. The number of nitrogens with zero attached hydrogens (tertiary/aromatic N) is 3. The summed E-state index contributed by atoms with van der Waals surface area (Å²) in [5.74, 6) is 0. The van der Waals surface area contributed by atoms with Gasteiger partial charge < -0.3 is 5.32 Å². The molecule has 1 aliphatic heterocycles. The molecular weight excluding hydrogens is 269 g/mol. The van der Waals surface area contributed by atoms with Crippen molar-refractivity contribution in [1.82, 2.24) is 20.3 Å². The van der Waals surface area contributed by atoms with E-state index in [1.165, 1.54) is 12.1 Å². The van der Waals surface area contributed by atoms with Crippen molar-refractivity contribution in [1.29, 1.82) is 0 Å². The molecule has 1 aromatic carbocycles. The molecule has 0 radical (unpaired) electrons. The smallest absolute Gasteiger partial charge is 0.315 e. The summed E-state index contributed by atoms with van der Waals surface area (Å²) in [5, 5.41) is 11.0. The Hall–Kier alpha value is -1.89. The van der Waals surface area contributed by atoms with Crippen molar-refractivity contribution in [2.45, 2.75) is 18.6 Å². The van der Waals surface area contributed by atoms with Gasteiger partial charge in [-0.25, -0.2) is 4.68 Å². The van der Waals surface area contributed by atoms with Crippen LogP contribution in [0.1, 0.15) is 18.0 Å². The van der Waals surface area contributed by atoms with Crippen molar-refractivity contribution >= 4 is 0 Å². The molecule has 2 aromatic rings. The van der Waals surface area contributed by atoms with Crippen LogP contribution in [0.5, 0.6) is 0 Å². The first kappa shape index (κ1) is 13.1. The average molecular weight is 282 g/mol. The van der Waals surface area contributed by atoms with Crippen LogP contribution in [0.15, 0.2) is 30.5 Å². The minimum absolute atomic E-state index is 0.0669. The second-order valence-electron chi connectivity index (χ2n) is 4.77. The fourth-order valence-corrected chi connectivity index (χ4v) is 2.40. The van der Waals surface area contributed by atoms with Gasteiger partial charge in [0, 0.05) is 12.1 Å². The van der Waals surface area contributed by atoms with E-state index in [0.29, 0.717) is 0 Å². The lowest BCUT2D eigenvalue weighted by atomic mass is 10.0. The van der Waals surface area contributed by atoms with Crippen LogP contribution in [0.2, 0.25) is 0 Å². The first-order valence-electron chi connectivity index (χ1n) is 6.35. The largest absolute Gasteiger partial charge is 0.417 e. The lowest BCUT2D eigenvalue weighted by molar-refractivity contribution is -0.137. The molecular formula is C13H13F3N4.